The number of nitrogens with one attached hydrogen (secondary N) is 2. The molecule has 2 aliphatic rings. The Kier molecular flexibility index (Phi) is 8.27. The smallest absolute Gasteiger partial charge is 0.259 e. The normalized spacial score (nSPS) is 16.2. The van der Waals surface area contributed by atoms with Gasteiger partial charge in [0, 0.05) is 32.4 Å². The molecule has 0 aliphatic carbocycles. The van der Waals surface area contributed by atoms with Gasteiger partial charge < -0.3 is 15.4 Å². The Labute approximate surface area is 208 Å². The van der Waals surface area contributed by atoms with E-state index in [-0.39, 0.29) is 29.9 Å². The van der Waals surface area contributed by atoms with Crippen molar-refractivity contribution >= 4 is 46.2 Å². The van der Waals surface area contributed by atoms with E-state index in [1.54, 1.807) is 7.11 Å². The van der Waals surface area contributed by atoms with Crippen molar-refractivity contribution in [2.24, 2.45) is 9.98 Å². The highest BCUT2D eigenvalue weighted by Gasteiger charge is 2.42. The Morgan fingerprint density at radius 3 is 2.63 bits per heavy atom. The molecule has 2 aromatic carbocycles. The van der Waals surface area contributed by atoms with Gasteiger partial charge in [-0.2, -0.15) is 0 Å². The van der Waals surface area contributed by atoms with Crippen LogP contribution in [0.25, 0.3) is 0 Å². The zero-order valence-electron chi connectivity index (χ0n) is 19.4. The van der Waals surface area contributed by atoms with Crippen molar-refractivity contribution in [3.8, 4) is 0 Å². The minimum absolute atomic E-state index is 0.0637. The van der Waals surface area contributed by atoms with Gasteiger partial charge in [0.05, 0.1) is 17.9 Å². The van der Waals surface area contributed by atoms with E-state index in [1.165, 1.54) is 16.7 Å². The first-order valence-electron chi connectivity index (χ1n) is 11.4. The molecule has 10 heteroatoms. The van der Waals surface area contributed by atoms with E-state index in [9.17, 15) is 14.4 Å². The molecular weight excluding hydrogens is 466 g/mol. The molecule has 3 amide bonds. The maximum Gasteiger partial charge on any atom is 0.259 e. The third-order valence-electron chi connectivity index (χ3n) is 5.44. The molecule has 2 aliphatic heterocycles. The van der Waals surface area contributed by atoms with Gasteiger partial charge in [0.2, 0.25) is 11.8 Å². The lowest BCUT2D eigenvalue weighted by Crippen LogP contribution is -2.42. The van der Waals surface area contributed by atoms with E-state index < -0.39 is 6.04 Å². The van der Waals surface area contributed by atoms with Crippen molar-refractivity contribution in [1.29, 1.82) is 0 Å². The van der Waals surface area contributed by atoms with Gasteiger partial charge in [0.1, 0.15) is 11.9 Å². The summed E-state index contributed by atoms with van der Waals surface area (Å²) in [5.41, 5.74) is 2.37. The second-order valence-corrected chi connectivity index (χ2v) is 8.95. The fraction of sp³-hybridized carbons (Fsp3) is 0.320. The molecule has 2 N–H and O–H groups in total. The average molecular weight is 494 g/mol. The fourth-order valence-electron chi connectivity index (χ4n) is 3.70. The molecule has 0 saturated carbocycles. The van der Waals surface area contributed by atoms with Crippen molar-refractivity contribution in [2.75, 3.05) is 26.0 Å². The Morgan fingerprint density at radius 1 is 1.06 bits per heavy atom. The van der Waals surface area contributed by atoms with E-state index >= 15 is 0 Å². The lowest BCUT2D eigenvalue weighted by Gasteiger charge is -2.25. The molecule has 0 radical (unpaired) electrons. The zero-order chi connectivity index (χ0) is 24.6. The van der Waals surface area contributed by atoms with Crippen molar-refractivity contribution in [1.82, 2.24) is 15.5 Å². The number of thioether (sulfide) groups is 1. The van der Waals surface area contributed by atoms with Gasteiger partial charge in [0.15, 0.2) is 5.17 Å². The van der Waals surface area contributed by atoms with Gasteiger partial charge in [-0.1, -0.05) is 54.2 Å². The topological polar surface area (TPSA) is 112 Å². The number of aliphatic imine (C=N–C) groups is 2. The summed E-state index contributed by atoms with van der Waals surface area (Å²) in [4.78, 5) is 48.7. The summed E-state index contributed by atoms with van der Waals surface area (Å²) < 4.78 is 4.98. The summed E-state index contributed by atoms with van der Waals surface area (Å²) in [6.07, 6.45) is 0.655. The van der Waals surface area contributed by atoms with E-state index in [0.717, 1.165) is 17.5 Å². The van der Waals surface area contributed by atoms with E-state index in [4.69, 9.17) is 4.74 Å². The number of carbonyl (C=O) groups is 3. The highest BCUT2D eigenvalue weighted by Crippen LogP contribution is 2.34. The van der Waals surface area contributed by atoms with Crippen LogP contribution in [0, 0.1) is 0 Å². The highest BCUT2D eigenvalue weighted by atomic mass is 32.2. The number of rotatable bonds is 10. The lowest BCUT2D eigenvalue weighted by molar-refractivity contribution is -0.128. The molecule has 9 nitrogen and oxygen atoms in total. The number of nitrogens with zero attached hydrogens (tertiary/aromatic N) is 3. The molecule has 4 rings (SSSR count). The van der Waals surface area contributed by atoms with Gasteiger partial charge in [0.25, 0.3) is 5.91 Å². The number of hydrogen-bond donors (Lipinski definition) is 2. The fourth-order valence-corrected chi connectivity index (χ4v) is 4.53. The van der Waals surface area contributed by atoms with Crippen LogP contribution < -0.4 is 10.6 Å². The molecule has 2 aromatic rings. The molecule has 0 aromatic heterocycles. The summed E-state index contributed by atoms with van der Waals surface area (Å²) in [5, 5.41) is 6.06. The van der Waals surface area contributed by atoms with Crippen LogP contribution in [0.3, 0.4) is 0 Å². The van der Waals surface area contributed by atoms with Crippen LogP contribution in [0.2, 0.25) is 0 Å². The van der Waals surface area contributed by atoms with Gasteiger partial charge in [-0.25, -0.2) is 9.89 Å². The minimum Gasteiger partial charge on any atom is -0.385 e. The number of hydrogen-bond acceptors (Lipinski definition) is 7. The summed E-state index contributed by atoms with van der Waals surface area (Å²) in [5.74, 6) is -0.172. The average Bonchev–Trinajstić information content (AvgIpc) is 3.20. The second-order valence-electron chi connectivity index (χ2n) is 8.01. The van der Waals surface area contributed by atoms with E-state index in [2.05, 4.69) is 20.6 Å². The number of amides is 3. The van der Waals surface area contributed by atoms with E-state index in [0.29, 0.717) is 36.4 Å². The first-order valence-corrected chi connectivity index (χ1v) is 12.3. The molecule has 2 heterocycles. The quantitative estimate of drug-likeness (QED) is 0.493. The molecule has 182 valence electrons. The number of para-hydroxylation sites is 1. The summed E-state index contributed by atoms with van der Waals surface area (Å²) >= 11 is 1.17. The van der Waals surface area contributed by atoms with Crippen molar-refractivity contribution in [2.45, 2.75) is 25.4 Å². The van der Waals surface area contributed by atoms with Gasteiger partial charge in [-0.15, -0.1) is 0 Å². The Balaban J connectivity index is 1.43. The molecule has 0 saturated heterocycles. The van der Waals surface area contributed by atoms with Crippen LogP contribution >= 0.6 is 11.8 Å². The standard InChI is InChI=1S/C25H27N5O4S/c1-34-13-7-12-26-22(32)16-35-25-29-19-11-6-5-10-18(19)23-28-20(24(33)30(23)25)14-21(31)27-15-17-8-3-2-4-9-17/h2-6,8-11,20H,7,12-16H2,1H3,(H,26,32)(H,27,31)/t20-/m1/s1. The summed E-state index contributed by atoms with van der Waals surface area (Å²) in [6, 6.07) is 16.1. The predicted octanol–water partition coefficient (Wildman–Crippen LogP) is 2.24. The lowest BCUT2D eigenvalue weighted by atomic mass is 10.1. The van der Waals surface area contributed by atoms with Crippen LogP contribution in [0.4, 0.5) is 5.69 Å². The highest BCUT2D eigenvalue weighted by molar-refractivity contribution is 8.14. The monoisotopic (exact) mass is 493 g/mol. The van der Waals surface area contributed by atoms with Crippen molar-refractivity contribution < 1.29 is 19.1 Å². The van der Waals surface area contributed by atoms with E-state index in [1.807, 2.05) is 54.6 Å². The first-order chi connectivity index (χ1) is 17.1. The van der Waals surface area contributed by atoms with Crippen LogP contribution in [-0.2, 0) is 25.7 Å². The second kappa shape index (κ2) is 11.8. The Bertz CT molecular complexity index is 1150. The largest absolute Gasteiger partial charge is 0.385 e. The molecule has 1 atom stereocenters. The van der Waals surface area contributed by atoms with Gasteiger partial charge >= 0.3 is 0 Å². The molecule has 35 heavy (non-hydrogen) atoms. The molecule has 0 unspecified atom stereocenters. The predicted molar refractivity (Wildman–Crippen MR) is 136 cm³/mol. The van der Waals surface area contributed by atoms with Crippen LogP contribution in [0.1, 0.15) is 24.0 Å². The summed E-state index contributed by atoms with van der Waals surface area (Å²) in [6.45, 7) is 1.46. The third-order valence-corrected chi connectivity index (χ3v) is 6.38. The third kappa shape index (κ3) is 6.14. The summed E-state index contributed by atoms with van der Waals surface area (Å²) in [7, 11) is 1.61. The van der Waals surface area contributed by atoms with Gasteiger partial charge in [-0.3, -0.25) is 19.4 Å². The SMILES string of the molecule is COCCCNC(=O)CSC1=Nc2ccccc2C2=N[C@H](CC(=O)NCc3ccccc3)C(=O)N12. The Morgan fingerprint density at radius 2 is 1.83 bits per heavy atom. The van der Waals surface area contributed by atoms with Crippen LogP contribution in [-0.4, -0.2) is 65.7 Å². The number of amidine groups is 2. The number of benzene rings is 2. The first kappa shape index (κ1) is 24.6. The van der Waals surface area contributed by atoms with Crippen LogP contribution in [0.5, 0.6) is 0 Å². The van der Waals surface area contributed by atoms with Crippen molar-refractivity contribution in [3.05, 3.63) is 65.7 Å². The molecule has 0 spiro atoms. The number of fused-ring (bicyclic) bond motifs is 3. The Hall–Kier alpha value is -3.50. The maximum absolute atomic E-state index is 13.3. The number of ether oxygens (including phenoxy) is 1. The molecule has 0 fully saturated rings. The maximum atomic E-state index is 13.3. The number of carbonyl (C=O) groups excluding carboxylic acids is 3. The minimum atomic E-state index is -0.847. The van der Waals surface area contributed by atoms with Crippen LogP contribution in [0.15, 0.2) is 64.6 Å². The molecule has 0 bridgehead atoms. The van der Waals surface area contributed by atoms with Crippen molar-refractivity contribution in [3.63, 3.8) is 0 Å². The zero-order valence-corrected chi connectivity index (χ0v) is 20.2. The number of methoxy groups -OCH3 is 1. The molecular formula is C25H27N5O4S. The van der Waals surface area contributed by atoms with Gasteiger partial charge in [-0.05, 0) is 24.1 Å².